The summed E-state index contributed by atoms with van der Waals surface area (Å²) >= 11 is 0. The Morgan fingerprint density at radius 3 is 2.51 bits per heavy atom. The fourth-order valence-electron chi connectivity index (χ4n) is 5.71. The van der Waals surface area contributed by atoms with E-state index >= 15 is 0 Å². The number of aromatic nitrogens is 1. The van der Waals surface area contributed by atoms with Crippen molar-refractivity contribution in [2.75, 3.05) is 13.4 Å². The lowest BCUT2D eigenvalue weighted by atomic mass is 9.73. The average molecular weight is 535 g/mol. The quantitative estimate of drug-likeness (QED) is 0.442. The molecular formula is C26H34N2O8S. The van der Waals surface area contributed by atoms with E-state index in [4.69, 9.17) is 13.7 Å². The Labute approximate surface area is 216 Å². The molecule has 1 N–H and O–H groups in total. The number of piperidine rings is 1. The van der Waals surface area contributed by atoms with E-state index in [2.05, 4.69) is 4.98 Å². The van der Waals surface area contributed by atoms with Crippen LogP contribution in [0, 0.1) is 11.8 Å². The van der Waals surface area contributed by atoms with Gasteiger partial charge in [-0.25, -0.2) is 4.79 Å². The molecule has 2 aliphatic rings. The molecule has 11 heteroatoms. The standard InChI is InChI=1S/C26H34N2O8S/c1-14(36-37(6,32)33)22-15(12-21(29)34-5)11-19-23-17(16-9-7-8-10-18(16)27-23)13-20(28(19)24(22)30)25(31)35-26(2,3)4/h7-10,14-15,19-20,22,27H,11-13H2,1-6H3/t14-,15+,19-,20+,22+/m0/s1. The minimum Gasteiger partial charge on any atom is -0.469 e. The van der Waals surface area contributed by atoms with Crippen molar-refractivity contribution >= 4 is 38.9 Å². The Kier molecular flexibility index (Phi) is 7.15. The van der Waals surface area contributed by atoms with Crippen molar-refractivity contribution in [1.82, 2.24) is 9.88 Å². The monoisotopic (exact) mass is 534 g/mol. The minimum absolute atomic E-state index is 0.0959. The molecule has 3 heterocycles. The fourth-order valence-corrected chi connectivity index (χ4v) is 6.38. The van der Waals surface area contributed by atoms with Crippen molar-refractivity contribution in [3.8, 4) is 0 Å². The number of hydrogen-bond donors (Lipinski definition) is 1. The molecule has 0 radical (unpaired) electrons. The van der Waals surface area contributed by atoms with Crippen LogP contribution in [0.1, 0.15) is 57.8 Å². The second-order valence-corrected chi connectivity index (χ2v) is 12.5. The number of carbonyl (C=O) groups is 3. The summed E-state index contributed by atoms with van der Waals surface area (Å²) in [4.78, 5) is 44.9. The number of aromatic amines is 1. The number of nitrogens with one attached hydrogen (secondary N) is 1. The summed E-state index contributed by atoms with van der Waals surface area (Å²) in [5.74, 6) is -3.07. The summed E-state index contributed by atoms with van der Waals surface area (Å²) < 4.78 is 39.7. The zero-order valence-electron chi connectivity index (χ0n) is 21.9. The SMILES string of the molecule is COC(=O)C[C@H]1C[C@H]2c3[nH]c4ccccc4c3C[C@H](C(=O)OC(C)(C)C)N2C(=O)[C@@H]1[C@H](C)OS(C)(=O)=O. The van der Waals surface area contributed by atoms with E-state index in [0.717, 1.165) is 28.4 Å². The lowest BCUT2D eigenvalue weighted by Crippen LogP contribution is -2.60. The molecule has 0 saturated carbocycles. The number of esters is 2. The number of para-hydroxylation sites is 1. The second-order valence-electron chi connectivity index (χ2n) is 10.9. The number of methoxy groups -OCH3 is 1. The van der Waals surface area contributed by atoms with Crippen molar-refractivity contribution in [2.45, 2.75) is 70.7 Å². The van der Waals surface area contributed by atoms with Crippen LogP contribution >= 0.6 is 0 Å². The van der Waals surface area contributed by atoms with Crippen molar-refractivity contribution in [3.05, 3.63) is 35.5 Å². The maximum absolute atomic E-state index is 14.2. The van der Waals surface area contributed by atoms with Crippen LogP contribution in [-0.4, -0.2) is 67.3 Å². The highest BCUT2D eigenvalue weighted by Crippen LogP contribution is 2.48. The van der Waals surface area contributed by atoms with E-state index in [1.165, 1.54) is 18.9 Å². The molecule has 37 heavy (non-hydrogen) atoms. The van der Waals surface area contributed by atoms with Crippen molar-refractivity contribution < 1.29 is 36.5 Å². The summed E-state index contributed by atoms with van der Waals surface area (Å²) in [6.07, 6.45) is 0.313. The van der Waals surface area contributed by atoms with Gasteiger partial charge in [-0.1, -0.05) is 18.2 Å². The molecule has 2 aliphatic heterocycles. The maximum atomic E-state index is 14.2. The van der Waals surface area contributed by atoms with Gasteiger partial charge in [-0.15, -0.1) is 0 Å². The van der Waals surface area contributed by atoms with Crippen LogP contribution < -0.4 is 0 Å². The Morgan fingerprint density at radius 1 is 1.22 bits per heavy atom. The summed E-state index contributed by atoms with van der Waals surface area (Å²) in [7, 11) is -2.62. The fraction of sp³-hybridized carbons (Fsp3) is 0.577. The summed E-state index contributed by atoms with van der Waals surface area (Å²) in [5, 5.41) is 0.957. The predicted molar refractivity (Wildman–Crippen MR) is 135 cm³/mol. The molecule has 202 valence electrons. The number of rotatable bonds is 6. The molecule has 1 saturated heterocycles. The van der Waals surface area contributed by atoms with Crippen LogP contribution in [-0.2, 0) is 44.6 Å². The van der Waals surface area contributed by atoms with Crippen LogP contribution in [0.5, 0.6) is 0 Å². The second kappa shape index (κ2) is 9.75. The first kappa shape index (κ1) is 27.1. The third-order valence-corrected chi connectivity index (χ3v) is 7.64. The molecule has 1 fully saturated rings. The molecular weight excluding hydrogens is 500 g/mol. The largest absolute Gasteiger partial charge is 0.469 e. The Morgan fingerprint density at radius 2 is 1.89 bits per heavy atom. The van der Waals surface area contributed by atoms with Crippen LogP contribution in [0.25, 0.3) is 10.9 Å². The van der Waals surface area contributed by atoms with Gasteiger partial charge in [0.1, 0.15) is 11.6 Å². The topological polar surface area (TPSA) is 132 Å². The molecule has 0 unspecified atom stereocenters. The van der Waals surface area contributed by atoms with Crippen LogP contribution in [0.2, 0.25) is 0 Å². The van der Waals surface area contributed by atoms with Gasteiger partial charge in [0.2, 0.25) is 5.91 Å². The Balaban J connectivity index is 1.84. The summed E-state index contributed by atoms with van der Waals surface area (Å²) in [6, 6.07) is 6.25. The summed E-state index contributed by atoms with van der Waals surface area (Å²) in [5.41, 5.74) is 1.84. The number of carbonyl (C=O) groups excluding carboxylic acids is 3. The van der Waals surface area contributed by atoms with Crippen molar-refractivity contribution in [1.29, 1.82) is 0 Å². The highest BCUT2D eigenvalue weighted by atomic mass is 32.2. The van der Waals surface area contributed by atoms with E-state index in [1.54, 1.807) is 20.8 Å². The Hall–Kier alpha value is -2.92. The molecule has 5 atom stereocenters. The first-order chi connectivity index (χ1) is 17.2. The third-order valence-electron chi connectivity index (χ3n) is 6.99. The number of benzene rings is 1. The molecule has 1 aromatic carbocycles. The van der Waals surface area contributed by atoms with E-state index < -0.39 is 63.6 Å². The van der Waals surface area contributed by atoms with Crippen LogP contribution in [0.3, 0.4) is 0 Å². The molecule has 0 bridgehead atoms. The smallest absolute Gasteiger partial charge is 0.329 e. The maximum Gasteiger partial charge on any atom is 0.329 e. The normalized spacial score (nSPS) is 24.8. The number of hydrogen-bond acceptors (Lipinski definition) is 8. The van der Waals surface area contributed by atoms with Gasteiger partial charge in [-0.3, -0.25) is 13.8 Å². The minimum atomic E-state index is -3.89. The first-order valence-corrected chi connectivity index (χ1v) is 14.1. The molecule has 2 aromatic rings. The third kappa shape index (κ3) is 5.52. The van der Waals surface area contributed by atoms with Gasteiger partial charge >= 0.3 is 11.9 Å². The van der Waals surface area contributed by atoms with E-state index in [0.29, 0.717) is 6.42 Å². The van der Waals surface area contributed by atoms with Gasteiger partial charge in [0, 0.05) is 29.4 Å². The molecule has 1 amide bonds. The van der Waals surface area contributed by atoms with Crippen molar-refractivity contribution in [2.24, 2.45) is 11.8 Å². The molecule has 0 spiro atoms. The van der Waals surface area contributed by atoms with Crippen LogP contribution in [0.4, 0.5) is 0 Å². The van der Waals surface area contributed by atoms with Gasteiger partial charge in [-0.05, 0) is 51.7 Å². The van der Waals surface area contributed by atoms with Gasteiger partial charge in [0.05, 0.1) is 31.4 Å². The summed E-state index contributed by atoms with van der Waals surface area (Å²) in [6.45, 7) is 6.78. The number of ether oxygens (including phenoxy) is 2. The molecule has 4 rings (SSSR count). The highest BCUT2D eigenvalue weighted by Gasteiger charge is 2.53. The lowest BCUT2D eigenvalue weighted by Gasteiger charge is -2.49. The zero-order valence-corrected chi connectivity index (χ0v) is 22.8. The number of fused-ring (bicyclic) bond motifs is 5. The number of nitrogens with zero attached hydrogens (tertiary/aromatic N) is 1. The van der Waals surface area contributed by atoms with E-state index in [-0.39, 0.29) is 12.8 Å². The number of amides is 1. The molecule has 1 aromatic heterocycles. The van der Waals surface area contributed by atoms with Gasteiger partial charge < -0.3 is 19.4 Å². The average Bonchev–Trinajstić information content (AvgIpc) is 3.15. The van der Waals surface area contributed by atoms with Crippen LogP contribution in [0.15, 0.2) is 24.3 Å². The molecule has 10 nitrogen and oxygen atoms in total. The molecule has 0 aliphatic carbocycles. The Bertz CT molecular complexity index is 1330. The lowest BCUT2D eigenvalue weighted by molar-refractivity contribution is -0.175. The van der Waals surface area contributed by atoms with E-state index in [1.807, 2.05) is 24.3 Å². The zero-order chi connectivity index (χ0) is 27.3. The van der Waals surface area contributed by atoms with Gasteiger partial charge in [0.25, 0.3) is 10.1 Å². The van der Waals surface area contributed by atoms with E-state index in [9.17, 15) is 22.8 Å². The highest BCUT2D eigenvalue weighted by molar-refractivity contribution is 7.86. The predicted octanol–water partition coefficient (Wildman–Crippen LogP) is 2.87. The van der Waals surface area contributed by atoms with Gasteiger partial charge in [0.15, 0.2) is 0 Å². The van der Waals surface area contributed by atoms with Crippen molar-refractivity contribution in [3.63, 3.8) is 0 Å². The van der Waals surface area contributed by atoms with Gasteiger partial charge in [-0.2, -0.15) is 8.42 Å². The number of H-pyrrole nitrogens is 1. The first-order valence-electron chi connectivity index (χ1n) is 12.3.